The van der Waals surface area contributed by atoms with Crippen LogP contribution in [0.25, 0.3) is 0 Å². The van der Waals surface area contributed by atoms with Gasteiger partial charge in [0, 0.05) is 25.6 Å². The van der Waals surface area contributed by atoms with Crippen molar-refractivity contribution in [1.82, 2.24) is 10.6 Å². The lowest BCUT2D eigenvalue weighted by Gasteiger charge is -2.26. The summed E-state index contributed by atoms with van der Waals surface area (Å²) in [6.07, 6.45) is 2.87. The summed E-state index contributed by atoms with van der Waals surface area (Å²) >= 11 is 0. The maximum Gasteiger partial charge on any atom is 0.0208 e. The van der Waals surface area contributed by atoms with E-state index in [0.29, 0.717) is 5.92 Å². The van der Waals surface area contributed by atoms with E-state index in [0.717, 1.165) is 25.6 Å². The zero-order valence-corrected chi connectivity index (χ0v) is 9.71. The fourth-order valence-corrected chi connectivity index (χ4v) is 2.55. The van der Waals surface area contributed by atoms with Gasteiger partial charge >= 0.3 is 0 Å². The molecular formula is C14H20N2. The van der Waals surface area contributed by atoms with Gasteiger partial charge in [0.1, 0.15) is 0 Å². The monoisotopic (exact) mass is 216 g/mol. The minimum atomic E-state index is 0.656. The highest BCUT2D eigenvalue weighted by molar-refractivity contribution is 5.32. The summed E-state index contributed by atoms with van der Waals surface area (Å²) in [5, 5.41) is 7.12. The first-order valence-corrected chi connectivity index (χ1v) is 6.43. The molecule has 1 fully saturated rings. The molecule has 0 radical (unpaired) electrons. The molecule has 1 unspecified atom stereocenters. The Bertz CT molecular complexity index is 358. The van der Waals surface area contributed by atoms with E-state index in [2.05, 4.69) is 34.9 Å². The molecule has 2 aliphatic rings. The van der Waals surface area contributed by atoms with Gasteiger partial charge in [0.05, 0.1) is 0 Å². The number of fused-ring (bicyclic) bond motifs is 1. The molecule has 16 heavy (non-hydrogen) atoms. The molecule has 1 heterocycles. The topological polar surface area (TPSA) is 24.1 Å². The van der Waals surface area contributed by atoms with Crippen molar-refractivity contribution in [2.75, 3.05) is 19.6 Å². The van der Waals surface area contributed by atoms with Crippen LogP contribution in [-0.2, 0) is 6.54 Å². The van der Waals surface area contributed by atoms with Crippen LogP contribution in [0.2, 0.25) is 0 Å². The molecule has 1 aliphatic heterocycles. The Balaban J connectivity index is 1.62. The molecule has 1 saturated carbocycles. The Hall–Kier alpha value is -0.860. The van der Waals surface area contributed by atoms with E-state index in [1.54, 1.807) is 5.56 Å². The van der Waals surface area contributed by atoms with Crippen molar-refractivity contribution in [1.29, 1.82) is 0 Å². The number of nitrogens with one attached hydrogen (secondary N) is 2. The molecular weight excluding hydrogens is 196 g/mol. The Morgan fingerprint density at radius 2 is 2.06 bits per heavy atom. The third-order valence-electron chi connectivity index (χ3n) is 3.72. The fraction of sp³-hybridized carbons (Fsp3) is 0.571. The Morgan fingerprint density at radius 1 is 1.19 bits per heavy atom. The van der Waals surface area contributed by atoms with Crippen LogP contribution >= 0.6 is 0 Å². The van der Waals surface area contributed by atoms with Crippen molar-refractivity contribution in [2.24, 2.45) is 5.92 Å². The number of benzene rings is 1. The first-order valence-electron chi connectivity index (χ1n) is 6.43. The van der Waals surface area contributed by atoms with Gasteiger partial charge in [-0.05, 0) is 36.4 Å². The lowest BCUT2D eigenvalue weighted by atomic mass is 9.91. The highest BCUT2D eigenvalue weighted by Crippen LogP contribution is 2.28. The summed E-state index contributed by atoms with van der Waals surface area (Å²) in [7, 11) is 0. The zero-order valence-electron chi connectivity index (χ0n) is 9.71. The molecule has 0 bridgehead atoms. The van der Waals surface area contributed by atoms with Gasteiger partial charge in [-0.15, -0.1) is 0 Å². The van der Waals surface area contributed by atoms with Gasteiger partial charge in [-0.1, -0.05) is 24.3 Å². The van der Waals surface area contributed by atoms with Gasteiger partial charge in [0.25, 0.3) is 0 Å². The van der Waals surface area contributed by atoms with E-state index in [4.69, 9.17) is 0 Å². The quantitative estimate of drug-likeness (QED) is 0.803. The van der Waals surface area contributed by atoms with Gasteiger partial charge in [-0.3, -0.25) is 0 Å². The van der Waals surface area contributed by atoms with E-state index in [-0.39, 0.29) is 0 Å². The van der Waals surface area contributed by atoms with Crippen molar-refractivity contribution >= 4 is 0 Å². The first-order chi connectivity index (χ1) is 7.93. The summed E-state index contributed by atoms with van der Waals surface area (Å²) < 4.78 is 0. The first kappa shape index (κ1) is 10.3. The molecule has 1 aliphatic carbocycles. The van der Waals surface area contributed by atoms with Crippen LogP contribution in [0.5, 0.6) is 0 Å². The SMILES string of the molecule is c1ccc2c(c1)CNCC2CNCC1CC1. The molecule has 86 valence electrons. The van der Waals surface area contributed by atoms with Crippen LogP contribution < -0.4 is 10.6 Å². The van der Waals surface area contributed by atoms with E-state index < -0.39 is 0 Å². The minimum absolute atomic E-state index is 0.656. The molecule has 0 aromatic heterocycles. The van der Waals surface area contributed by atoms with Crippen molar-refractivity contribution in [3.8, 4) is 0 Å². The van der Waals surface area contributed by atoms with E-state index in [1.165, 1.54) is 24.9 Å². The summed E-state index contributed by atoms with van der Waals surface area (Å²) in [4.78, 5) is 0. The molecule has 0 spiro atoms. The highest BCUT2D eigenvalue weighted by Gasteiger charge is 2.22. The van der Waals surface area contributed by atoms with E-state index in [9.17, 15) is 0 Å². The van der Waals surface area contributed by atoms with Crippen LogP contribution in [0.1, 0.15) is 29.9 Å². The van der Waals surface area contributed by atoms with Gasteiger partial charge < -0.3 is 10.6 Å². The molecule has 2 nitrogen and oxygen atoms in total. The molecule has 0 saturated heterocycles. The Kier molecular flexibility index (Phi) is 2.94. The van der Waals surface area contributed by atoms with Gasteiger partial charge in [-0.2, -0.15) is 0 Å². The molecule has 1 aromatic rings. The summed E-state index contributed by atoms with van der Waals surface area (Å²) in [6, 6.07) is 8.84. The average molecular weight is 216 g/mol. The smallest absolute Gasteiger partial charge is 0.0208 e. The third kappa shape index (κ3) is 2.28. The number of hydrogen-bond acceptors (Lipinski definition) is 2. The second kappa shape index (κ2) is 4.56. The maximum absolute atomic E-state index is 3.62. The maximum atomic E-state index is 3.62. The molecule has 2 heteroatoms. The third-order valence-corrected chi connectivity index (χ3v) is 3.72. The predicted molar refractivity (Wildman–Crippen MR) is 66.5 cm³/mol. The average Bonchev–Trinajstić information content (AvgIpc) is 3.13. The standard InChI is InChI=1S/C14H20N2/c1-2-4-14-12(3-1)8-16-10-13(14)9-15-7-11-5-6-11/h1-4,11,13,15-16H,5-10H2. The summed E-state index contributed by atoms with van der Waals surface area (Å²) in [6.45, 7) is 4.50. The fourth-order valence-electron chi connectivity index (χ4n) is 2.55. The normalized spacial score (nSPS) is 24.1. The van der Waals surface area contributed by atoms with E-state index in [1.807, 2.05) is 0 Å². The summed E-state index contributed by atoms with van der Waals surface area (Å²) in [5.41, 5.74) is 3.02. The molecule has 1 aromatic carbocycles. The van der Waals surface area contributed by atoms with Crippen LogP contribution in [0.3, 0.4) is 0 Å². The van der Waals surface area contributed by atoms with Gasteiger partial charge in [0.15, 0.2) is 0 Å². The second-order valence-electron chi connectivity index (χ2n) is 5.13. The van der Waals surface area contributed by atoms with Crippen LogP contribution in [0.15, 0.2) is 24.3 Å². The van der Waals surface area contributed by atoms with Gasteiger partial charge in [-0.25, -0.2) is 0 Å². The van der Waals surface area contributed by atoms with Crippen molar-refractivity contribution in [2.45, 2.75) is 25.3 Å². The highest BCUT2D eigenvalue weighted by atomic mass is 14.9. The molecule has 2 N–H and O–H groups in total. The lowest BCUT2D eigenvalue weighted by Crippen LogP contribution is -2.34. The molecule has 0 amide bonds. The molecule has 3 rings (SSSR count). The molecule has 1 atom stereocenters. The number of hydrogen-bond donors (Lipinski definition) is 2. The largest absolute Gasteiger partial charge is 0.316 e. The number of rotatable bonds is 4. The summed E-state index contributed by atoms with van der Waals surface area (Å²) in [5.74, 6) is 1.63. The Labute approximate surface area is 97.4 Å². The van der Waals surface area contributed by atoms with Crippen LogP contribution in [0, 0.1) is 5.92 Å². The van der Waals surface area contributed by atoms with Crippen LogP contribution in [0.4, 0.5) is 0 Å². The van der Waals surface area contributed by atoms with Crippen molar-refractivity contribution in [3.05, 3.63) is 35.4 Å². The van der Waals surface area contributed by atoms with Crippen LogP contribution in [-0.4, -0.2) is 19.6 Å². The second-order valence-corrected chi connectivity index (χ2v) is 5.13. The van der Waals surface area contributed by atoms with Gasteiger partial charge in [0.2, 0.25) is 0 Å². The van der Waals surface area contributed by atoms with Crippen molar-refractivity contribution in [3.63, 3.8) is 0 Å². The van der Waals surface area contributed by atoms with Crippen molar-refractivity contribution < 1.29 is 0 Å². The lowest BCUT2D eigenvalue weighted by molar-refractivity contribution is 0.496. The predicted octanol–water partition coefficient (Wildman–Crippen LogP) is 1.87. The minimum Gasteiger partial charge on any atom is -0.316 e. The zero-order chi connectivity index (χ0) is 10.8. The Morgan fingerprint density at radius 3 is 2.94 bits per heavy atom. The van der Waals surface area contributed by atoms with E-state index >= 15 is 0 Å².